The lowest BCUT2D eigenvalue weighted by Crippen LogP contribution is -2.16. The van der Waals surface area contributed by atoms with Crippen LogP contribution < -0.4 is 10.2 Å². The van der Waals surface area contributed by atoms with E-state index in [0.717, 1.165) is 12.0 Å². The van der Waals surface area contributed by atoms with Crippen molar-refractivity contribution in [2.24, 2.45) is 0 Å². The topological polar surface area (TPSA) is 53.9 Å². The zero-order valence-electron chi connectivity index (χ0n) is 11.3. The quantitative estimate of drug-likeness (QED) is 0.918. The third kappa shape index (κ3) is 4.03. The minimum Gasteiger partial charge on any atom is -0.354 e. The van der Waals surface area contributed by atoms with Gasteiger partial charge in [-0.3, -0.25) is 0 Å². The van der Waals surface area contributed by atoms with Crippen molar-refractivity contribution in [3.8, 4) is 0 Å². The van der Waals surface area contributed by atoms with Crippen molar-refractivity contribution in [2.75, 3.05) is 30.9 Å². The molecule has 0 spiro atoms. The Morgan fingerprint density at radius 1 is 1.15 bits per heavy atom. The third-order valence-corrected chi connectivity index (χ3v) is 2.78. The van der Waals surface area contributed by atoms with Crippen LogP contribution in [0.15, 0.2) is 24.3 Å². The lowest BCUT2D eigenvalue weighted by Gasteiger charge is -2.11. The summed E-state index contributed by atoms with van der Waals surface area (Å²) in [6.07, 6.45) is 0.737. The van der Waals surface area contributed by atoms with Gasteiger partial charge in [-0.05, 0) is 35.7 Å². The molecule has 0 saturated carbocycles. The number of nitrogens with one attached hydrogen (secondary N) is 1. The van der Waals surface area contributed by atoms with Crippen molar-refractivity contribution in [1.82, 2.24) is 15.0 Å². The summed E-state index contributed by atoms with van der Waals surface area (Å²) < 4.78 is 12.8. The molecule has 2 aromatic rings. The van der Waals surface area contributed by atoms with Gasteiger partial charge in [-0.1, -0.05) is 12.1 Å². The van der Waals surface area contributed by atoms with Gasteiger partial charge in [0, 0.05) is 20.6 Å². The predicted molar refractivity (Wildman–Crippen MR) is 77.8 cm³/mol. The summed E-state index contributed by atoms with van der Waals surface area (Å²) in [7, 11) is 3.65. The zero-order valence-corrected chi connectivity index (χ0v) is 12.0. The van der Waals surface area contributed by atoms with Gasteiger partial charge in [0.25, 0.3) is 0 Å². The number of rotatable bonds is 5. The molecule has 5 nitrogen and oxygen atoms in total. The average molecular weight is 296 g/mol. The van der Waals surface area contributed by atoms with E-state index < -0.39 is 0 Å². The maximum atomic E-state index is 12.8. The van der Waals surface area contributed by atoms with Crippen LogP contribution in [0.1, 0.15) is 5.56 Å². The first-order valence-corrected chi connectivity index (χ1v) is 6.49. The highest BCUT2D eigenvalue weighted by Gasteiger charge is 2.06. The lowest BCUT2D eigenvalue weighted by atomic mass is 10.1. The van der Waals surface area contributed by atoms with Gasteiger partial charge in [0.15, 0.2) is 0 Å². The molecule has 106 valence electrons. The average Bonchev–Trinajstić information content (AvgIpc) is 2.40. The van der Waals surface area contributed by atoms with Crippen LogP contribution in [0.4, 0.5) is 16.3 Å². The molecule has 0 bridgehead atoms. The number of hydrogen-bond donors (Lipinski definition) is 1. The number of aromatic nitrogens is 3. The van der Waals surface area contributed by atoms with E-state index in [9.17, 15) is 4.39 Å². The van der Waals surface area contributed by atoms with E-state index in [1.165, 1.54) is 12.1 Å². The Balaban J connectivity index is 1.95. The molecule has 2 rings (SSSR count). The predicted octanol–water partition coefficient (Wildman–Crippen LogP) is 2.38. The second-order valence-corrected chi connectivity index (χ2v) is 4.76. The Morgan fingerprint density at radius 2 is 1.85 bits per heavy atom. The molecule has 20 heavy (non-hydrogen) atoms. The SMILES string of the molecule is CN(C)c1nc(Cl)nc(NCCc2ccc(F)cc2)n1. The van der Waals surface area contributed by atoms with Gasteiger partial charge < -0.3 is 10.2 Å². The molecule has 0 amide bonds. The van der Waals surface area contributed by atoms with Crippen molar-refractivity contribution < 1.29 is 4.39 Å². The smallest absolute Gasteiger partial charge is 0.230 e. The summed E-state index contributed by atoms with van der Waals surface area (Å²) in [6.45, 7) is 0.624. The third-order valence-electron chi connectivity index (χ3n) is 2.61. The van der Waals surface area contributed by atoms with Crippen LogP contribution in [0.3, 0.4) is 0 Å². The highest BCUT2D eigenvalue weighted by Crippen LogP contribution is 2.11. The van der Waals surface area contributed by atoms with Crippen molar-refractivity contribution in [3.63, 3.8) is 0 Å². The van der Waals surface area contributed by atoms with Crippen molar-refractivity contribution in [3.05, 3.63) is 40.9 Å². The molecule has 1 aromatic carbocycles. The normalized spacial score (nSPS) is 10.4. The van der Waals surface area contributed by atoms with Gasteiger partial charge in [0.1, 0.15) is 5.82 Å². The molecular formula is C13H15ClFN5. The Kier molecular flexibility index (Phi) is 4.68. The number of anilines is 2. The maximum Gasteiger partial charge on any atom is 0.230 e. The highest BCUT2D eigenvalue weighted by molar-refractivity contribution is 6.28. The van der Waals surface area contributed by atoms with E-state index >= 15 is 0 Å². The highest BCUT2D eigenvalue weighted by atomic mass is 35.5. The summed E-state index contributed by atoms with van der Waals surface area (Å²) in [5.74, 6) is 0.687. The summed E-state index contributed by atoms with van der Waals surface area (Å²) in [5, 5.41) is 3.22. The van der Waals surface area contributed by atoms with E-state index in [1.54, 1.807) is 17.0 Å². The van der Waals surface area contributed by atoms with E-state index in [1.807, 2.05) is 14.1 Å². The molecule has 1 N–H and O–H groups in total. The standard InChI is InChI=1S/C13H15ClFN5/c1-20(2)13-18-11(14)17-12(19-13)16-8-7-9-3-5-10(15)6-4-9/h3-6H,7-8H2,1-2H3,(H,16,17,18,19). The fraction of sp³-hybridized carbons (Fsp3) is 0.308. The molecule has 0 radical (unpaired) electrons. The fourth-order valence-corrected chi connectivity index (χ4v) is 1.74. The van der Waals surface area contributed by atoms with Crippen LogP contribution in [0, 0.1) is 5.82 Å². The minimum absolute atomic E-state index is 0.146. The molecule has 0 fully saturated rings. The molecular weight excluding hydrogens is 281 g/mol. The van der Waals surface area contributed by atoms with Crippen LogP contribution >= 0.6 is 11.6 Å². The lowest BCUT2D eigenvalue weighted by molar-refractivity contribution is 0.627. The van der Waals surface area contributed by atoms with E-state index in [-0.39, 0.29) is 11.1 Å². The largest absolute Gasteiger partial charge is 0.354 e. The van der Waals surface area contributed by atoms with Crippen LogP contribution in [0.5, 0.6) is 0 Å². The van der Waals surface area contributed by atoms with Crippen LogP contribution in [-0.4, -0.2) is 35.6 Å². The van der Waals surface area contributed by atoms with Crippen LogP contribution in [0.25, 0.3) is 0 Å². The Morgan fingerprint density at radius 3 is 2.50 bits per heavy atom. The fourth-order valence-electron chi connectivity index (χ4n) is 1.59. The molecule has 1 heterocycles. The van der Waals surface area contributed by atoms with Gasteiger partial charge in [-0.15, -0.1) is 0 Å². The van der Waals surface area contributed by atoms with Gasteiger partial charge in [-0.25, -0.2) is 4.39 Å². The molecule has 7 heteroatoms. The van der Waals surface area contributed by atoms with Crippen LogP contribution in [-0.2, 0) is 6.42 Å². The molecule has 0 aliphatic heterocycles. The van der Waals surface area contributed by atoms with Crippen molar-refractivity contribution in [2.45, 2.75) is 6.42 Å². The summed E-state index contributed by atoms with van der Waals surface area (Å²) in [6, 6.07) is 6.39. The van der Waals surface area contributed by atoms with Gasteiger partial charge >= 0.3 is 0 Å². The Labute approximate surface area is 121 Å². The number of nitrogens with zero attached hydrogens (tertiary/aromatic N) is 4. The summed E-state index contributed by atoms with van der Waals surface area (Å²) in [5.41, 5.74) is 1.03. The second kappa shape index (κ2) is 6.47. The second-order valence-electron chi connectivity index (χ2n) is 4.43. The molecule has 0 saturated heterocycles. The summed E-state index contributed by atoms with van der Waals surface area (Å²) >= 11 is 5.84. The molecule has 0 aliphatic carbocycles. The first kappa shape index (κ1) is 14.5. The molecule has 0 atom stereocenters. The first-order chi connectivity index (χ1) is 9.54. The molecule has 0 aliphatic rings. The number of halogens is 2. The molecule has 1 aromatic heterocycles. The maximum absolute atomic E-state index is 12.8. The summed E-state index contributed by atoms with van der Waals surface area (Å²) in [4.78, 5) is 14.0. The minimum atomic E-state index is -0.235. The molecule has 0 unspecified atom stereocenters. The van der Waals surface area contributed by atoms with Gasteiger partial charge in [0.2, 0.25) is 17.2 Å². The Hall–Kier alpha value is -1.95. The van der Waals surface area contributed by atoms with Gasteiger partial charge in [-0.2, -0.15) is 15.0 Å². The number of hydrogen-bond acceptors (Lipinski definition) is 5. The monoisotopic (exact) mass is 295 g/mol. The van der Waals surface area contributed by atoms with E-state index in [2.05, 4.69) is 20.3 Å². The van der Waals surface area contributed by atoms with Crippen molar-refractivity contribution >= 4 is 23.5 Å². The van der Waals surface area contributed by atoms with Gasteiger partial charge in [0.05, 0.1) is 0 Å². The van der Waals surface area contributed by atoms with E-state index in [0.29, 0.717) is 18.4 Å². The van der Waals surface area contributed by atoms with Crippen LogP contribution in [0.2, 0.25) is 5.28 Å². The zero-order chi connectivity index (χ0) is 14.5. The number of benzene rings is 1. The van der Waals surface area contributed by atoms with E-state index in [4.69, 9.17) is 11.6 Å². The first-order valence-electron chi connectivity index (χ1n) is 6.12. The Bertz CT molecular complexity index is 573. The van der Waals surface area contributed by atoms with Crippen molar-refractivity contribution in [1.29, 1.82) is 0 Å².